The number of hydrogen-bond acceptors (Lipinski definition) is 6. The van der Waals surface area contributed by atoms with Gasteiger partial charge in [0.2, 0.25) is 0 Å². The van der Waals surface area contributed by atoms with Gasteiger partial charge < -0.3 is 14.3 Å². The highest BCUT2D eigenvalue weighted by Crippen LogP contribution is 2.38. The second-order valence-corrected chi connectivity index (χ2v) is 8.71. The Bertz CT molecular complexity index is 1130. The number of furan rings is 1. The molecule has 1 atom stereocenters. The standard InChI is InChI=1S/C25H27NO5/c27-17-7-9-26(10-8-17)11-12-30-19-3-5-20-16(13-19)1-6-24-25(20)22(15-31-24)21-4-2-18(28)14-23(21)29/h1,3,5-6,13,15,17,21,27H,2,4,7-12,14H2/t21-/m0/s1. The lowest BCUT2D eigenvalue weighted by molar-refractivity contribution is -0.130. The van der Waals surface area contributed by atoms with E-state index in [0.717, 1.165) is 65.5 Å². The summed E-state index contributed by atoms with van der Waals surface area (Å²) in [6.07, 6.45) is 4.21. The number of fused-ring (bicyclic) bond motifs is 3. The van der Waals surface area contributed by atoms with Gasteiger partial charge in [0.25, 0.3) is 0 Å². The molecule has 0 unspecified atom stereocenters. The van der Waals surface area contributed by atoms with Crippen molar-refractivity contribution in [3.8, 4) is 5.75 Å². The summed E-state index contributed by atoms with van der Waals surface area (Å²) in [5.74, 6) is 0.555. The van der Waals surface area contributed by atoms with E-state index in [-0.39, 0.29) is 30.0 Å². The normalized spacial score (nSPS) is 21.3. The Morgan fingerprint density at radius 3 is 2.74 bits per heavy atom. The maximum Gasteiger partial charge on any atom is 0.147 e. The van der Waals surface area contributed by atoms with E-state index in [9.17, 15) is 14.7 Å². The Kier molecular flexibility index (Phi) is 5.50. The van der Waals surface area contributed by atoms with Gasteiger partial charge in [0, 0.05) is 42.9 Å². The Morgan fingerprint density at radius 1 is 1.10 bits per heavy atom. The molecule has 2 aliphatic rings. The monoisotopic (exact) mass is 421 g/mol. The zero-order chi connectivity index (χ0) is 21.4. The SMILES string of the molecule is O=C1CC[C@@H](c2coc3ccc4cc(OCCN5CCC(O)CC5)ccc4c23)C(=O)C1. The number of piperidine rings is 1. The van der Waals surface area contributed by atoms with Crippen LogP contribution in [-0.2, 0) is 9.59 Å². The van der Waals surface area contributed by atoms with E-state index in [0.29, 0.717) is 19.4 Å². The number of carbonyl (C=O) groups is 2. The van der Waals surface area contributed by atoms with E-state index in [1.807, 2.05) is 30.3 Å². The van der Waals surface area contributed by atoms with Crippen LogP contribution in [0.1, 0.15) is 43.6 Å². The van der Waals surface area contributed by atoms with Crippen LogP contribution in [0.2, 0.25) is 0 Å². The minimum atomic E-state index is -0.275. The minimum absolute atomic E-state index is 0.0128. The third-order valence-corrected chi connectivity index (χ3v) is 6.64. The number of rotatable bonds is 5. The Balaban J connectivity index is 1.35. The van der Waals surface area contributed by atoms with E-state index in [4.69, 9.17) is 9.15 Å². The molecule has 6 heteroatoms. The highest BCUT2D eigenvalue weighted by atomic mass is 16.5. The fourth-order valence-corrected chi connectivity index (χ4v) is 4.85. The van der Waals surface area contributed by atoms with Crippen LogP contribution in [0, 0.1) is 0 Å². The summed E-state index contributed by atoms with van der Waals surface area (Å²) >= 11 is 0. The molecule has 1 aliphatic heterocycles. The van der Waals surface area contributed by atoms with Crippen LogP contribution in [0.25, 0.3) is 21.7 Å². The Labute approximate surface area is 180 Å². The fourth-order valence-electron chi connectivity index (χ4n) is 4.85. The van der Waals surface area contributed by atoms with Crippen molar-refractivity contribution in [3.63, 3.8) is 0 Å². The predicted octanol–water partition coefficient (Wildman–Crippen LogP) is 3.83. The third kappa shape index (κ3) is 4.10. The van der Waals surface area contributed by atoms with Crippen molar-refractivity contribution in [1.29, 1.82) is 0 Å². The first-order valence-electron chi connectivity index (χ1n) is 11.1. The summed E-state index contributed by atoms with van der Waals surface area (Å²) in [6.45, 7) is 3.27. The molecular formula is C25H27NO5. The van der Waals surface area contributed by atoms with Gasteiger partial charge in [-0.15, -0.1) is 0 Å². The molecule has 0 amide bonds. The summed E-state index contributed by atoms with van der Waals surface area (Å²) in [4.78, 5) is 26.5. The van der Waals surface area contributed by atoms with Crippen LogP contribution in [-0.4, -0.2) is 53.9 Å². The number of aliphatic hydroxyl groups excluding tert-OH is 1. The topological polar surface area (TPSA) is 80.0 Å². The molecule has 0 bridgehead atoms. The van der Waals surface area contributed by atoms with Gasteiger partial charge in [0.05, 0.1) is 18.8 Å². The second kappa shape index (κ2) is 8.44. The Morgan fingerprint density at radius 2 is 1.94 bits per heavy atom. The highest BCUT2D eigenvalue weighted by molar-refractivity contribution is 6.11. The van der Waals surface area contributed by atoms with Crippen molar-refractivity contribution in [1.82, 2.24) is 4.90 Å². The number of nitrogens with zero attached hydrogens (tertiary/aromatic N) is 1. The molecule has 0 radical (unpaired) electrons. The van der Waals surface area contributed by atoms with Gasteiger partial charge in [0.1, 0.15) is 29.5 Å². The zero-order valence-electron chi connectivity index (χ0n) is 17.5. The quantitative estimate of drug-likeness (QED) is 0.631. The highest BCUT2D eigenvalue weighted by Gasteiger charge is 2.31. The molecule has 2 fully saturated rings. The maximum absolute atomic E-state index is 12.5. The number of aliphatic hydroxyl groups is 1. The summed E-state index contributed by atoms with van der Waals surface area (Å²) in [7, 11) is 0. The molecule has 1 aliphatic carbocycles. The third-order valence-electron chi connectivity index (χ3n) is 6.64. The molecule has 1 N–H and O–H groups in total. The van der Waals surface area contributed by atoms with E-state index in [2.05, 4.69) is 4.90 Å². The van der Waals surface area contributed by atoms with Crippen LogP contribution in [0.3, 0.4) is 0 Å². The van der Waals surface area contributed by atoms with Crippen LogP contribution in [0.5, 0.6) is 5.75 Å². The molecule has 162 valence electrons. The summed E-state index contributed by atoms with van der Waals surface area (Å²) in [5.41, 5.74) is 1.65. The van der Waals surface area contributed by atoms with Gasteiger partial charge >= 0.3 is 0 Å². The van der Waals surface area contributed by atoms with Gasteiger partial charge in [-0.2, -0.15) is 0 Å². The van der Waals surface area contributed by atoms with Gasteiger partial charge in [-0.25, -0.2) is 0 Å². The second-order valence-electron chi connectivity index (χ2n) is 8.71. The number of ether oxygens (including phenoxy) is 1. The van der Waals surface area contributed by atoms with Crippen molar-refractivity contribution < 1.29 is 23.8 Å². The number of carbonyl (C=O) groups excluding carboxylic acids is 2. The maximum atomic E-state index is 12.5. The molecule has 1 saturated carbocycles. The van der Waals surface area contributed by atoms with E-state index >= 15 is 0 Å². The van der Waals surface area contributed by atoms with Crippen molar-refractivity contribution in [2.75, 3.05) is 26.2 Å². The summed E-state index contributed by atoms with van der Waals surface area (Å²) in [6, 6.07) is 9.96. The lowest BCUT2D eigenvalue weighted by Gasteiger charge is -2.29. The first-order valence-corrected chi connectivity index (χ1v) is 11.1. The summed E-state index contributed by atoms with van der Waals surface area (Å²) in [5, 5.41) is 12.6. The van der Waals surface area contributed by atoms with Gasteiger partial charge in [-0.3, -0.25) is 14.5 Å². The molecular weight excluding hydrogens is 394 g/mol. The molecule has 6 nitrogen and oxygen atoms in total. The molecule has 2 heterocycles. The average molecular weight is 421 g/mol. The van der Waals surface area contributed by atoms with Crippen LogP contribution >= 0.6 is 0 Å². The summed E-state index contributed by atoms with van der Waals surface area (Å²) < 4.78 is 11.8. The first kappa shape index (κ1) is 20.2. The van der Waals surface area contributed by atoms with Crippen LogP contribution in [0.4, 0.5) is 0 Å². The average Bonchev–Trinajstić information content (AvgIpc) is 3.19. The van der Waals surface area contributed by atoms with Crippen LogP contribution in [0.15, 0.2) is 41.0 Å². The van der Waals surface area contributed by atoms with Crippen molar-refractivity contribution >= 4 is 33.3 Å². The predicted molar refractivity (Wildman–Crippen MR) is 118 cm³/mol. The number of benzene rings is 2. The number of ketones is 2. The molecule has 1 aromatic heterocycles. The van der Waals surface area contributed by atoms with E-state index < -0.39 is 0 Å². The van der Waals surface area contributed by atoms with E-state index in [1.165, 1.54) is 0 Å². The van der Waals surface area contributed by atoms with Gasteiger partial charge in [0.15, 0.2) is 0 Å². The van der Waals surface area contributed by atoms with Crippen molar-refractivity contribution in [2.45, 2.75) is 44.1 Å². The largest absolute Gasteiger partial charge is 0.492 e. The van der Waals surface area contributed by atoms with Crippen LogP contribution < -0.4 is 4.74 Å². The molecule has 31 heavy (non-hydrogen) atoms. The number of likely N-dealkylation sites (tertiary alicyclic amines) is 1. The van der Waals surface area contributed by atoms with Crippen molar-refractivity contribution in [2.24, 2.45) is 0 Å². The van der Waals surface area contributed by atoms with Gasteiger partial charge in [-0.05, 0) is 54.3 Å². The van der Waals surface area contributed by atoms with Crippen molar-refractivity contribution in [3.05, 3.63) is 42.2 Å². The van der Waals surface area contributed by atoms with Gasteiger partial charge in [-0.1, -0.05) is 6.07 Å². The number of hydrogen-bond donors (Lipinski definition) is 1. The lowest BCUT2D eigenvalue weighted by atomic mass is 9.81. The molecule has 1 saturated heterocycles. The Hall–Kier alpha value is -2.70. The van der Waals surface area contributed by atoms with E-state index in [1.54, 1.807) is 6.26 Å². The lowest BCUT2D eigenvalue weighted by Crippen LogP contribution is -2.38. The smallest absolute Gasteiger partial charge is 0.147 e. The molecule has 5 rings (SSSR count). The minimum Gasteiger partial charge on any atom is -0.492 e. The molecule has 2 aromatic carbocycles. The fraction of sp³-hybridized carbons (Fsp3) is 0.440. The molecule has 0 spiro atoms. The first-order chi connectivity index (χ1) is 15.1. The molecule has 3 aromatic rings. The number of Topliss-reactive ketones (excluding diaryl/α,β-unsaturated/α-hetero) is 2. The zero-order valence-corrected chi connectivity index (χ0v) is 17.5.